The van der Waals surface area contributed by atoms with Crippen LogP contribution in [0.1, 0.15) is 26.2 Å². The first-order valence-corrected chi connectivity index (χ1v) is 7.64. The highest BCUT2D eigenvalue weighted by molar-refractivity contribution is 5.77. The van der Waals surface area contributed by atoms with Gasteiger partial charge < -0.3 is 14.5 Å². The van der Waals surface area contributed by atoms with Crippen molar-refractivity contribution in [2.75, 3.05) is 6.61 Å². The largest absolute Gasteiger partial charge is 0.419 e. The summed E-state index contributed by atoms with van der Waals surface area (Å²) in [6, 6.07) is 7.20. The molecular weight excluding hydrogens is 284 g/mol. The van der Waals surface area contributed by atoms with E-state index >= 15 is 0 Å². The molecule has 2 atom stereocenters. The molecule has 0 radical (unpaired) electrons. The number of oxazole rings is 1. The molecule has 118 valence electrons. The minimum absolute atomic E-state index is 0.00665. The summed E-state index contributed by atoms with van der Waals surface area (Å²) in [5, 5.41) is 2.94. The molecule has 1 N–H and O–H groups in total. The molecule has 1 aromatic carbocycles. The van der Waals surface area contributed by atoms with Gasteiger partial charge in [-0.25, -0.2) is 4.79 Å². The zero-order chi connectivity index (χ0) is 15.5. The second kappa shape index (κ2) is 6.36. The molecule has 6 heteroatoms. The third-order valence-electron chi connectivity index (χ3n) is 4.05. The number of nitrogens with zero attached hydrogens (tertiary/aromatic N) is 1. The first-order valence-electron chi connectivity index (χ1n) is 7.64. The molecule has 0 saturated carbocycles. The van der Waals surface area contributed by atoms with Crippen LogP contribution in [0.15, 0.2) is 33.5 Å². The highest BCUT2D eigenvalue weighted by atomic mass is 16.5. The lowest BCUT2D eigenvalue weighted by molar-refractivity contribution is -0.122. The van der Waals surface area contributed by atoms with Gasteiger partial charge in [0.15, 0.2) is 5.58 Å². The number of carbonyl (C=O) groups is 1. The Hall–Kier alpha value is -2.08. The van der Waals surface area contributed by atoms with E-state index in [9.17, 15) is 9.59 Å². The zero-order valence-electron chi connectivity index (χ0n) is 12.6. The van der Waals surface area contributed by atoms with Crippen LogP contribution in [0.3, 0.4) is 0 Å². The van der Waals surface area contributed by atoms with Gasteiger partial charge >= 0.3 is 5.76 Å². The number of carbonyl (C=O) groups excluding carboxylic acids is 1. The highest BCUT2D eigenvalue weighted by Crippen LogP contribution is 2.15. The number of hydrogen-bond acceptors (Lipinski definition) is 4. The van der Waals surface area contributed by atoms with Gasteiger partial charge in [0, 0.05) is 19.6 Å². The van der Waals surface area contributed by atoms with Crippen molar-refractivity contribution in [1.82, 2.24) is 9.88 Å². The number of nitrogens with one attached hydrogen (secondary N) is 1. The zero-order valence-corrected chi connectivity index (χ0v) is 12.6. The normalized spacial score (nSPS) is 19.4. The van der Waals surface area contributed by atoms with Crippen molar-refractivity contribution in [1.29, 1.82) is 0 Å². The molecule has 0 bridgehead atoms. The number of hydrogen-bond donors (Lipinski definition) is 1. The molecule has 6 nitrogen and oxygen atoms in total. The first kappa shape index (κ1) is 14.8. The predicted molar refractivity (Wildman–Crippen MR) is 81.7 cm³/mol. The van der Waals surface area contributed by atoms with Crippen LogP contribution in [-0.4, -0.2) is 29.2 Å². The van der Waals surface area contributed by atoms with E-state index in [2.05, 4.69) is 5.32 Å². The monoisotopic (exact) mass is 304 g/mol. The Kier molecular flexibility index (Phi) is 4.29. The number of fused-ring (bicyclic) bond motifs is 1. The molecule has 0 unspecified atom stereocenters. The standard InChI is InChI=1S/C16H20N2O4/c1-11(13-7-4-10-21-13)17-15(19)8-9-18-12-5-2-3-6-14(12)22-16(18)20/h2-3,5-6,11,13H,4,7-10H2,1H3,(H,17,19)/t11-,13+/m1/s1. The molecule has 1 aliphatic rings. The van der Waals surface area contributed by atoms with Crippen molar-refractivity contribution >= 4 is 17.0 Å². The van der Waals surface area contributed by atoms with Crippen LogP contribution in [0.25, 0.3) is 11.1 Å². The first-order chi connectivity index (χ1) is 10.6. The van der Waals surface area contributed by atoms with Gasteiger partial charge in [-0.1, -0.05) is 12.1 Å². The van der Waals surface area contributed by atoms with Crippen molar-refractivity contribution in [2.45, 2.75) is 44.9 Å². The predicted octanol–water partition coefficient (Wildman–Crippen LogP) is 1.67. The van der Waals surface area contributed by atoms with E-state index in [0.29, 0.717) is 17.6 Å². The van der Waals surface area contributed by atoms with Gasteiger partial charge in [-0.2, -0.15) is 0 Å². The van der Waals surface area contributed by atoms with E-state index in [4.69, 9.17) is 9.15 Å². The Labute approximate surface area is 128 Å². The van der Waals surface area contributed by atoms with E-state index in [1.807, 2.05) is 25.1 Å². The summed E-state index contributed by atoms with van der Waals surface area (Å²) in [6.07, 6.45) is 2.36. The van der Waals surface area contributed by atoms with Crippen molar-refractivity contribution in [3.63, 3.8) is 0 Å². The maximum atomic E-state index is 12.0. The lowest BCUT2D eigenvalue weighted by Crippen LogP contribution is -2.41. The Morgan fingerprint density at radius 2 is 2.27 bits per heavy atom. The third-order valence-corrected chi connectivity index (χ3v) is 4.05. The van der Waals surface area contributed by atoms with Crippen molar-refractivity contribution in [2.24, 2.45) is 0 Å². The number of rotatable bonds is 5. The highest BCUT2D eigenvalue weighted by Gasteiger charge is 2.23. The molecule has 22 heavy (non-hydrogen) atoms. The fourth-order valence-electron chi connectivity index (χ4n) is 2.86. The minimum atomic E-state index is -0.429. The van der Waals surface area contributed by atoms with Crippen LogP contribution in [-0.2, 0) is 16.1 Å². The molecule has 1 amide bonds. The van der Waals surface area contributed by atoms with Crippen LogP contribution in [0.4, 0.5) is 0 Å². The maximum absolute atomic E-state index is 12.0. The average molecular weight is 304 g/mol. The van der Waals surface area contributed by atoms with Gasteiger partial charge in [0.1, 0.15) is 0 Å². The van der Waals surface area contributed by atoms with Gasteiger partial charge in [0.25, 0.3) is 0 Å². The summed E-state index contributed by atoms with van der Waals surface area (Å²) < 4.78 is 12.2. The molecule has 0 spiro atoms. The quantitative estimate of drug-likeness (QED) is 0.912. The van der Waals surface area contributed by atoms with E-state index < -0.39 is 5.76 Å². The van der Waals surface area contributed by atoms with Gasteiger partial charge in [0.05, 0.1) is 17.7 Å². The molecule has 1 aliphatic heterocycles. The van der Waals surface area contributed by atoms with Gasteiger partial charge in [-0.15, -0.1) is 0 Å². The molecule has 0 aliphatic carbocycles. The summed E-state index contributed by atoms with van der Waals surface area (Å²) in [7, 11) is 0. The minimum Gasteiger partial charge on any atom is -0.408 e. The molecule has 1 aromatic heterocycles. The van der Waals surface area contributed by atoms with Gasteiger partial charge in [0.2, 0.25) is 5.91 Å². The van der Waals surface area contributed by atoms with Crippen LogP contribution >= 0.6 is 0 Å². The lowest BCUT2D eigenvalue weighted by Gasteiger charge is -2.19. The summed E-state index contributed by atoms with van der Waals surface area (Å²) >= 11 is 0. The SMILES string of the molecule is C[C@@H](NC(=O)CCn1c(=O)oc2ccccc21)[C@@H]1CCCO1. The van der Waals surface area contributed by atoms with E-state index in [1.54, 1.807) is 6.07 Å². The van der Waals surface area contributed by atoms with Gasteiger partial charge in [-0.3, -0.25) is 9.36 Å². The summed E-state index contributed by atoms with van der Waals surface area (Å²) in [4.78, 5) is 23.9. The molecule has 2 aromatic rings. The number of benzene rings is 1. The van der Waals surface area contributed by atoms with Crippen LogP contribution in [0.2, 0.25) is 0 Å². The van der Waals surface area contributed by atoms with Gasteiger partial charge in [-0.05, 0) is 31.9 Å². The third kappa shape index (κ3) is 3.06. The Morgan fingerprint density at radius 3 is 3.05 bits per heavy atom. The number of aryl methyl sites for hydroxylation is 1. The smallest absolute Gasteiger partial charge is 0.408 e. The number of para-hydroxylation sites is 2. The molecular formula is C16H20N2O4. The lowest BCUT2D eigenvalue weighted by atomic mass is 10.1. The number of ether oxygens (including phenoxy) is 1. The summed E-state index contributed by atoms with van der Waals surface area (Å²) in [5.41, 5.74) is 1.26. The Bertz CT molecular complexity index is 712. The Morgan fingerprint density at radius 1 is 1.45 bits per heavy atom. The summed E-state index contributed by atoms with van der Waals surface area (Å²) in [6.45, 7) is 3.02. The molecule has 3 rings (SSSR count). The number of amides is 1. The van der Waals surface area contributed by atoms with Crippen LogP contribution in [0.5, 0.6) is 0 Å². The van der Waals surface area contributed by atoms with E-state index in [1.165, 1.54) is 4.57 Å². The van der Waals surface area contributed by atoms with Crippen molar-refractivity contribution < 1.29 is 13.9 Å². The van der Waals surface area contributed by atoms with Crippen LogP contribution < -0.4 is 11.1 Å². The molecule has 1 fully saturated rings. The van der Waals surface area contributed by atoms with E-state index in [-0.39, 0.29) is 24.5 Å². The average Bonchev–Trinajstić information content (AvgIpc) is 3.12. The fraction of sp³-hybridized carbons (Fsp3) is 0.500. The molecule has 1 saturated heterocycles. The molecule has 2 heterocycles. The van der Waals surface area contributed by atoms with E-state index in [0.717, 1.165) is 19.4 Å². The topological polar surface area (TPSA) is 73.5 Å². The Balaban J connectivity index is 1.60. The fourth-order valence-corrected chi connectivity index (χ4v) is 2.86. The van der Waals surface area contributed by atoms with Crippen LogP contribution in [0, 0.1) is 0 Å². The second-order valence-electron chi connectivity index (χ2n) is 5.64. The van der Waals surface area contributed by atoms with Crippen molar-refractivity contribution in [3.8, 4) is 0 Å². The summed E-state index contributed by atoms with van der Waals surface area (Å²) in [5.74, 6) is -0.513. The van der Waals surface area contributed by atoms with Crippen molar-refractivity contribution in [3.05, 3.63) is 34.8 Å². The maximum Gasteiger partial charge on any atom is 0.419 e. The second-order valence-corrected chi connectivity index (χ2v) is 5.64. The number of aromatic nitrogens is 1.